The molecule has 0 bridgehead atoms. The van der Waals surface area contributed by atoms with Gasteiger partial charge in [-0.05, 0) is 38.2 Å². The average molecular weight is 312 g/mol. The maximum atomic E-state index is 5.12. The van der Waals surface area contributed by atoms with Crippen molar-refractivity contribution in [3.8, 4) is 0 Å². The fraction of sp³-hybridized carbons (Fsp3) is 0.133. The highest BCUT2D eigenvalue weighted by molar-refractivity contribution is 7.80. The number of nitrogens with one attached hydrogen (secondary N) is 2. The highest BCUT2D eigenvalue weighted by atomic mass is 32.1. The summed E-state index contributed by atoms with van der Waals surface area (Å²) in [6.45, 7) is 3.74. The minimum atomic E-state index is 0.312. The van der Waals surface area contributed by atoms with Crippen LogP contribution in [0.4, 0.5) is 0 Å². The molecule has 0 spiro atoms. The van der Waals surface area contributed by atoms with Gasteiger partial charge in [0.25, 0.3) is 0 Å². The van der Waals surface area contributed by atoms with Crippen LogP contribution in [0.25, 0.3) is 0 Å². The van der Waals surface area contributed by atoms with Crippen LogP contribution in [0.1, 0.15) is 25.0 Å². The van der Waals surface area contributed by atoms with Crippen LogP contribution in [0.2, 0.25) is 0 Å². The highest BCUT2D eigenvalue weighted by Crippen LogP contribution is 1.98. The maximum Gasteiger partial charge on any atom is 0.207 e. The van der Waals surface area contributed by atoms with Crippen molar-refractivity contribution in [3.05, 3.63) is 60.2 Å². The summed E-state index contributed by atoms with van der Waals surface area (Å²) in [7, 11) is 0. The van der Waals surface area contributed by atoms with Crippen molar-refractivity contribution >= 4 is 28.8 Å². The molecule has 2 aromatic heterocycles. The van der Waals surface area contributed by atoms with E-state index >= 15 is 0 Å². The third kappa shape index (κ3) is 4.71. The summed E-state index contributed by atoms with van der Waals surface area (Å²) in [5, 5.41) is 8.68. The number of hydrogen-bond donors (Lipinski definition) is 2. The van der Waals surface area contributed by atoms with E-state index in [2.05, 4.69) is 31.0 Å². The molecule has 0 fully saturated rings. The van der Waals surface area contributed by atoms with Gasteiger partial charge in [0, 0.05) is 35.9 Å². The van der Waals surface area contributed by atoms with Gasteiger partial charge in [-0.15, -0.1) is 0 Å². The topological polar surface area (TPSA) is 74.6 Å². The average Bonchev–Trinajstić information content (AvgIpc) is 2.59. The maximum absolute atomic E-state index is 5.12. The van der Waals surface area contributed by atoms with Gasteiger partial charge in [-0.3, -0.25) is 20.8 Å². The molecule has 0 saturated carbocycles. The van der Waals surface area contributed by atoms with Crippen molar-refractivity contribution in [3.63, 3.8) is 0 Å². The van der Waals surface area contributed by atoms with Gasteiger partial charge in [0.15, 0.2) is 0 Å². The fourth-order valence-corrected chi connectivity index (χ4v) is 1.67. The van der Waals surface area contributed by atoms with E-state index in [0.717, 1.165) is 22.6 Å². The zero-order chi connectivity index (χ0) is 15.8. The Hall–Kier alpha value is -2.67. The van der Waals surface area contributed by atoms with E-state index in [4.69, 9.17) is 12.2 Å². The van der Waals surface area contributed by atoms with Gasteiger partial charge in [0.05, 0.1) is 11.4 Å². The summed E-state index contributed by atoms with van der Waals surface area (Å²) >= 11 is 5.12. The van der Waals surface area contributed by atoms with E-state index in [1.807, 2.05) is 38.1 Å². The monoisotopic (exact) mass is 312 g/mol. The summed E-state index contributed by atoms with van der Waals surface area (Å²) in [5.74, 6) is 0. The first-order valence-electron chi connectivity index (χ1n) is 6.62. The quantitative estimate of drug-likeness (QED) is 0.514. The smallest absolute Gasteiger partial charge is 0.207 e. The summed E-state index contributed by atoms with van der Waals surface area (Å²) in [6.07, 6.45) is 6.90. The normalized spacial score (nSPS) is 11.9. The summed E-state index contributed by atoms with van der Waals surface area (Å²) in [5.41, 5.74) is 8.90. The van der Waals surface area contributed by atoms with Crippen LogP contribution in [0.15, 0.2) is 59.3 Å². The number of hydrogen-bond acceptors (Lipinski definition) is 5. The highest BCUT2D eigenvalue weighted by Gasteiger charge is 1.99. The van der Waals surface area contributed by atoms with Crippen LogP contribution in [-0.4, -0.2) is 26.5 Å². The van der Waals surface area contributed by atoms with Crippen LogP contribution >= 0.6 is 12.2 Å². The van der Waals surface area contributed by atoms with Gasteiger partial charge < -0.3 is 0 Å². The zero-order valence-electron chi connectivity index (χ0n) is 12.3. The molecule has 0 saturated heterocycles. The molecular weight excluding hydrogens is 296 g/mol. The molecule has 0 aliphatic heterocycles. The lowest BCUT2D eigenvalue weighted by atomic mass is 10.2. The molecule has 0 aliphatic carbocycles. The van der Waals surface area contributed by atoms with Crippen molar-refractivity contribution in [2.75, 3.05) is 0 Å². The molecule has 0 radical (unpaired) electrons. The Morgan fingerprint density at radius 2 is 1.36 bits per heavy atom. The summed E-state index contributed by atoms with van der Waals surface area (Å²) in [4.78, 5) is 8.08. The lowest BCUT2D eigenvalue weighted by Gasteiger charge is -2.05. The molecule has 0 unspecified atom stereocenters. The van der Waals surface area contributed by atoms with Gasteiger partial charge >= 0.3 is 0 Å². The molecule has 2 heterocycles. The first kappa shape index (κ1) is 15.7. The van der Waals surface area contributed by atoms with Gasteiger partial charge in [-0.2, -0.15) is 10.2 Å². The molecule has 0 atom stereocenters. The minimum absolute atomic E-state index is 0.312. The molecule has 0 amide bonds. The van der Waals surface area contributed by atoms with Crippen LogP contribution < -0.4 is 10.9 Å². The van der Waals surface area contributed by atoms with Crippen molar-refractivity contribution in [2.45, 2.75) is 13.8 Å². The van der Waals surface area contributed by atoms with E-state index in [0.29, 0.717) is 5.11 Å². The molecule has 0 aliphatic rings. The molecule has 22 heavy (non-hydrogen) atoms. The second kappa shape index (κ2) is 7.94. The van der Waals surface area contributed by atoms with Gasteiger partial charge in [-0.1, -0.05) is 12.1 Å². The zero-order valence-corrected chi connectivity index (χ0v) is 13.1. The summed E-state index contributed by atoms with van der Waals surface area (Å²) in [6, 6.07) is 7.56. The Morgan fingerprint density at radius 3 is 1.73 bits per heavy atom. The van der Waals surface area contributed by atoms with E-state index in [9.17, 15) is 0 Å². The van der Waals surface area contributed by atoms with E-state index < -0.39 is 0 Å². The predicted molar refractivity (Wildman–Crippen MR) is 91.8 cm³/mol. The van der Waals surface area contributed by atoms with Crippen molar-refractivity contribution in [1.82, 2.24) is 20.8 Å². The van der Waals surface area contributed by atoms with Gasteiger partial charge in [0.1, 0.15) is 0 Å². The Morgan fingerprint density at radius 1 is 0.909 bits per heavy atom. The third-order valence-corrected chi connectivity index (χ3v) is 2.99. The molecule has 0 aromatic carbocycles. The number of aromatic nitrogens is 2. The molecule has 7 heteroatoms. The van der Waals surface area contributed by atoms with Crippen LogP contribution in [0, 0.1) is 0 Å². The van der Waals surface area contributed by atoms with Gasteiger partial charge in [-0.25, -0.2) is 0 Å². The number of rotatable bonds is 4. The second-order valence-corrected chi connectivity index (χ2v) is 4.84. The summed E-state index contributed by atoms with van der Waals surface area (Å²) < 4.78 is 0. The van der Waals surface area contributed by atoms with Crippen molar-refractivity contribution < 1.29 is 0 Å². The molecule has 2 N–H and O–H groups in total. The number of pyridine rings is 2. The number of nitrogens with zero attached hydrogens (tertiary/aromatic N) is 4. The number of hydrazone groups is 2. The lowest BCUT2D eigenvalue weighted by molar-refractivity contribution is 0.924. The number of thiocarbonyl (C=S) groups is 1. The van der Waals surface area contributed by atoms with Crippen LogP contribution in [0.3, 0.4) is 0 Å². The van der Waals surface area contributed by atoms with Gasteiger partial charge in [0.2, 0.25) is 5.11 Å². The Balaban J connectivity index is 1.91. The fourth-order valence-electron chi connectivity index (χ4n) is 1.58. The van der Waals surface area contributed by atoms with Crippen LogP contribution in [0.5, 0.6) is 0 Å². The standard InChI is InChI=1S/C15H16N6S/c1-11(13-5-3-7-16-9-13)18-20-15(22)21-19-12(2)14-6-4-8-17-10-14/h3-10H,1-2H3,(H2,20,21,22)/b18-11+,19-12+. The predicted octanol–water partition coefficient (Wildman–Crippen LogP) is 2.09. The lowest BCUT2D eigenvalue weighted by Crippen LogP contribution is -2.29. The molecule has 6 nitrogen and oxygen atoms in total. The molecular formula is C15H16N6S. The minimum Gasteiger partial charge on any atom is -0.264 e. The third-order valence-electron chi connectivity index (χ3n) is 2.81. The van der Waals surface area contributed by atoms with E-state index in [-0.39, 0.29) is 0 Å². The Kier molecular flexibility index (Phi) is 5.67. The Bertz CT molecular complexity index is 622. The van der Waals surface area contributed by atoms with Crippen molar-refractivity contribution in [2.24, 2.45) is 10.2 Å². The Labute approximate surface area is 134 Å². The second-order valence-electron chi connectivity index (χ2n) is 4.43. The SMILES string of the molecule is C/C(=N\NC(=S)N/N=C(\C)c1cccnc1)c1cccnc1. The molecule has 2 aromatic rings. The van der Waals surface area contributed by atoms with E-state index in [1.54, 1.807) is 24.8 Å². The first-order valence-corrected chi connectivity index (χ1v) is 7.03. The van der Waals surface area contributed by atoms with E-state index in [1.165, 1.54) is 0 Å². The largest absolute Gasteiger partial charge is 0.264 e. The first-order chi connectivity index (χ1) is 10.7. The molecule has 2 rings (SSSR count). The van der Waals surface area contributed by atoms with Crippen molar-refractivity contribution in [1.29, 1.82) is 0 Å². The van der Waals surface area contributed by atoms with Crippen LogP contribution in [-0.2, 0) is 0 Å². The molecule has 112 valence electrons.